The van der Waals surface area contributed by atoms with Crippen LogP contribution in [0.3, 0.4) is 0 Å². The number of aromatic nitrogens is 2. The maximum absolute atomic E-state index is 13.0. The van der Waals surface area contributed by atoms with E-state index in [1.807, 2.05) is 0 Å². The summed E-state index contributed by atoms with van der Waals surface area (Å²) in [4.78, 5) is 0. The van der Waals surface area contributed by atoms with E-state index in [0.29, 0.717) is 6.61 Å². The lowest BCUT2D eigenvalue weighted by Gasteiger charge is -2.18. The van der Waals surface area contributed by atoms with E-state index in [2.05, 4.69) is 10.2 Å². The van der Waals surface area contributed by atoms with Crippen LogP contribution in [0.4, 0.5) is 13.2 Å². The van der Waals surface area contributed by atoms with Crippen LogP contribution in [0.25, 0.3) is 11.5 Å². The largest absolute Gasteiger partial charge is 0.418 e. The molecule has 7 heteroatoms. The molecule has 4 nitrogen and oxygen atoms in total. The second-order valence-corrected chi connectivity index (χ2v) is 4.84. The predicted octanol–water partition coefficient (Wildman–Crippen LogP) is 4.00. The van der Waals surface area contributed by atoms with Gasteiger partial charge < -0.3 is 9.15 Å². The topological polar surface area (TPSA) is 48.2 Å². The van der Waals surface area contributed by atoms with Crippen molar-refractivity contribution in [1.29, 1.82) is 0 Å². The number of rotatable bonds is 2. The average molecular weight is 298 g/mol. The van der Waals surface area contributed by atoms with Gasteiger partial charge in [0.05, 0.1) is 11.1 Å². The Morgan fingerprint density at radius 2 is 1.90 bits per heavy atom. The van der Waals surface area contributed by atoms with Crippen LogP contribution < -0.4 is 0 Å². The highest BCUT2D eigenvalue weighted by atomic mass is 19.4. The molecule has 1 saturated heterocycles. The number of hydrogen-bond donors (Lipinski definition) is 0. The zero-order chi connectivity index (χ0) is 14.9. The van der Waals surface area contributed by atoms with Crippen molar-refractivity contribution in [3.63, 3.8) is 0 Å². The lowest BCUT2D eigenvalue weighted by molar-refractivity contribution is -0.137. The van der Waals surface area contributed by atoms with Crippen LogP contribution in [0.2, 0.25) is 0 Å². The molecule has 1 atom stereocenters. The summed E-state index contributed by atoms with van der Waals surface area (Å²) in [6, 6.07) is 5.15. The van der Waals surface area contributed by atoms with Gasteiger partial charge in [-0.05, 0) is 31.4 Å². The summed E-state index contributed by atoms with van der Waals surface area (Å²) >= 11 is 0. The van der Waals surface area contributed by atoms with E-state index >= 15 is 0 Å². The van der Waals surface area contributed by atoms with E-state index in [1.54, 1.807) is 0 Å². The fourth-order valence-electron chi connectivity index (χ4n) is 2.33. The van der Waals surface area contributed by atoms with E-state index in [-0.39, 0.29) is 23.4 Å². The summed E-state index contributed by atoms with van der Waals surface area (Å²) in [7, 11) is 0. The van der Waals surface area contributed by atoms with Crippen LogP contribution in [0.5, 0.6) is 0 Å². The molecule has 0 bridgehead atoms. The predicted molar refractivity (Wildman–Crippen MR) is 67.3 cm³/mol. The summed E-state index contributed by atoms with van der Waals surface area (Å²) in [5.74, 6) is 0.105. The van der Waals surface area contributed by atoms with Crippen molar-refractivity contribution in [3.8, 4) is 11.5 Å². The summed E-state index contributed by atoms with van der Waals surface area (Å²) in [5, 5.41) is 7.57. The Morgan fingerprint density at radius 3 is 2.62 bits per heavy atom. The van der Waals surface area contributed by atoms with Gasteiger partial charge in [0, 0.05) is 6.61 Å². The number of nitrogens with zero attached hydrogens (tertiary/aromatic N) is 2. The first-order valence-corrected chi connectivity index (χ1v) is 6.67. The van der Waals surface area contributed by atoms with E-state index in [1.165, 1.54) is 18.2 Å². The standard InChI is InChI=1S/C14H13F3N2O2/c15-14(16,17)10-6-2-1-5-9(10)12-18-19-13(21-12)11-7-3-4-8-20-11/h1-2,5-6,11H,3-4,7-8H2. The van der Waals surface area contributed by atoms with Crippen LogP contribution in [0.15, 0.2) is 28.7 Å². The zero-order valence-electron chi connectivity index (χ0n) is 11.1. The maximum Gasteiger partial charge on any atom is 0.417 e. The van der Waals surface area contributed by atoms with E-state index in [9.17, 15) is 13.2 Å². The van der Waals surface area contributed by atoms with Gasteiger partial charge in [0.25, 0.3) is 0 Å². The van der Waals surface area contributed by atoms with Crippen LogP contribution in [-0.2, 0) is 10.9 Å². The first-order valence-electron chi connectivity index (χ1n) is 6.67. The molecule has 1 aliphatic rings. The van der Waals surface area contributed by atoms with Crippen molar-refractivity contribution in [2.75, 3.05) is 6.61 Å². The molecule has 112 valence electrons. The third-order valence-corrected chi connectivity index (χ3v) is 3.36. The summed E-state index contributed by atoms with van der Waals surface area (Å²) in [6.45, 7) is 0.599. The monoisotopic (exact) mass is 298 g/mol. The Hall–Kier alpha value is -1.89. The van der Waals surface area contributed by atoms with Gasteiger partial charge in [-0.15, -0.1) is 10.2 Å². The van der Waals surface area contributed by atoms with E-state index < -0.39 is 11.7 Å². The van der Waals surface area contributed by atoms with E-state index in [0.717, 1.165) is 25.3 Å². The summed E-state index contributed by atoms with van der Waals surface area (Å²) < 4.78 is 49.8. The van der Waals surface area contributed by atoms with E-state index in [4.69, 9.17) is 9.15 Å². The minimum atomic E-state index is -4.47. The van der Waals surface area contributed by atoms with Gasteiger partial charge in [-0.2, -0.15) is 13.2 Å². The van der Waals surface area contributed by atoms with Crippen molar-refractivity contribution in [2.45, 2.75) is 31.5 Å². The Kier molecular flexibility index (Phi) is 3.67. The van der Waals surface area contributed by atoms with Gasteiger partial charge in [0.1, 0.15) is 6.10 Å². The quantitative estimate of drug-likeness (QED) is 0.841. The molecule has 3 rings (SSSR count). The SMILES string of the molecule is FC(F)(F)c1ccccc1-c1nnc(C2CCCCO2)o1. The van der Waals surface area contributed by atoms with Crippen LogP contribution in [0, 0.1) is 0 Å². The Morgan fingerprint density at radius 1 is 1.10 bits per heavy atom. The number of halogens is 3. The van der Waals surface area contributed by atoms with Gasteiger partial charge in [0.15, 0.2) is 0 Å². The highest BCUT2D eigenvalue weighted by Gasteiger charge is 2.35. The lowest BCUT2D eigenvalue weighted by atomic mass is 10.1. The zero-order valence-corrected chi connectivity index (χ0v) is 11.1. The smallest absolute Gasteiger partial charge is 0.417 e. The molecule has 21 heavy (non-hydrogen) atoms. The molecule has 1 aromatic carbocycles. The lowest BCUT2D eigenvalue weighted by Crippen LogP contribution is -2.11. The molecule has 1 unspecified atom stereocenters. The molecule has 1 aromatic heterocycles. The fraction of sp³-hybridized carbons (Fsp3) is 0.429. The molecule has 0 N–H and O–H groups in total. The number of alkyl halides is 3. The third kappa shape index (κ3) is 2.92. The fourth-order valence-corrected chi connectivity index (χ4v) is 2.33. The molecule has 0 saturated carbocycles. The van der Waals surface area contributed by atoms with Crippen molar-refractivity contribution in [2.24, 2.45) is 0 Å². The third-order valence-electron chi connectivity index (χ3n) is 3.36. The molecule has 2 aromatic rings. The molecule has 0 radical (unpaired) electrons. The summed E-state index contributed by atoms with van der Waals surface area (Å²) in [5.41, 5.74) is -0.899. The molecule has 2 heterocycles. The van der Waals surface area contributed by atoms with Crippen molar-refractivity contribution < 1.29 is 22.3 Å². The first-order chi connectivity index (χ1) is 10.1. The number of hydrogen-bond acceptors (Lipinski definition) is 4. The number of benzene rings is 1. The Bertz CT molecular complexity index is 619. The minimum absolute atomic E-state index is 0.112. The van der Waals surface area contributed by atoms with Gasteiger partial charge >= 0.3 is 6.18 Å². The normalized spacial score (nSPS) is 19.7. The molecule has 1 aliphatic heterocycles. The minimum Gasteiger partial charge on any atom is -0.418 e. The molecular formula is C14H13F3N2O2. The van der Waals surface area contributed by atoms with Crippen molar-refractivity contribution in [3.05, 3.63) is 35.7 Å². The van der Waals surface area contributed by atoms with Gasteiger partial charge in [-0.25, -0.2) is 0 Å². The second kappa shape index (κ2) is 5.48. The molecule has 0 amide bonds. The second-order valence-electron chi connectivity index (χ2n) is 4.84. The molecule has 0 aliphatic carbocycles. The van der Waals surface area contributed by atoms with Crippen LogP contribution in [-0.4, -0.2) is 16.8 Å². The molecule has 1 fully saturated rings. The van der Waals surface area contributed by atoms with Gasteiger partial charge in [-0.3, -0.25) is 0 Å². The average Bonchev–Trinajstić information content (AvgIpc) is 2.97. The Balaban J connectivity index is 1.93. The maximum atomic E-state index is 13.0. The highest BCUT2D eigenvalue weighted by Crippen LogP contribution is 2.37. The van der Waals surface area contributed by atoms with Crippen molar-refractivity contribution in [1.82, 2.24) is 10.2 Å². The highest BCUT2D eigenvalue weighted by molar-refractivity contribution is 5.59. The molecule has 0 spiro atoms. The van der Waals surface area contributed by atoms with Gasteiger partial charge in [-0.1, -0.05) is 12.1 Å². The van der Waals surface area contributed by atoms with Crippen LogP contribution in [0.1, 0.15) is 36.8 Å². The summed E-state index contributed by atoms with van der Waals surface area (Å²) in [6.07, 6.45) is -2.11. The first kappa shape index (κ1) is 14.1. The van der Waals surface area contributed by atoms with Crippen LogP contribution >= 0.6 is 0 Å². The Labute approximate surface area is 118 Å². The molecular weight excluding hydrogens is 285 g/mol. The van der Waals surface area contributed by atoms with Gasteiger partial charge in [0.2, 0.25) is 11.8 Å². The van der Waals surface area contributed by atoms with Crippen molar-refractivity contribution >= 4 is 0 Å². The number of ether oxygens (including phenoxy) is 1.